The number of imidazole rings is 1. The number of H-pyrrole nitrogens is 1. The smallest absolute Gasteiger partial charge is 0.272 e. The molecule has 1 N–H and O–H groups in total. The van der Waals surface area contributed by atoms with Gasteiger partial charge in [0.2, 0.25) is 0 Å². The lowest BCUT2D eigenvalue weighted by Crippen LogP contribution is -2.44. The van der Waals surface area contributed by atoms with E-state index in [2.05, 4.69) is 28.9 Å². The lowest BCUT2D eigenvalue weighted by Gasteiger charge is -2.34. The highest BCUT2D eigenvalue weighted by Gasteiger charge is 2.32. The molecule has 130 valence electrons. The van der Waals surface area contributed by atoms with Gasteiger partial charge in [-0.05, 0) is 25.3 Å². The van der Waals surface area contributed by atoms with Crippen molar-refractivity contribution in [3.63, 3.8) is 0 Å². The molecule has 1 saturated heterocycles. The molecule has 7 nitrogen and oxygen atoms in total. The van der Waals surface area contributed by atoms with Gasteiger partial charge in [-0.2, -0.15) is 5.10 Å². The maximum absolute atomic E-state index is 13.1. The molecular weight excluding hydrogens is 306 g/mol. The van der Waals surface area contributed by atoms with E-state index in [1.54, 1.807) is 10.9 Å². The van der Waals surface area contributed by atoms with Crippen LogP contribution in [0, 0.1) is 12.8 Å². The summed E-state index contributed by atoms with van der Waals surface area (Å²) in [5.41, 5.74) is 2.54. The molecular formula is C17H25N5O2. The summed E-state index contributed by atoms with van der Waals surface area (Å²) in [5.74, 6) is 1.25. The number of hydrogen-bond donors (Lipinski definition) is 1. The second-order valence-electron chi connectivity index (χ2n) is 6.78. The number of aromatic nitrogens is 4. The first-order chi connectivity index (χ1) is 11.5. The van der Waals surface area contributed by atoms with Crippen molar-refractivity contribution in [2.75, 3.05) is 19.8 Å². The average molecular weight is 331 g/mol. The first-order valence-corrected chi connectivity index (χ1v) is 8.39. The Kier molecular flexibility index (Phi) is 4.71. The van der Waals surface area contributed by atoms with E-state index in [1.165, 1.54) is 0 Å². The van der Waals surface area contributed by atoms with Crippen LogP contribution in [-0.2, 0) is 18.2 Å². The zero-order chi connectivity index (χ0) is 17.3. The second kappa shape index (κ2) is 6.76. The molecule has 2 aromatic rings. The molecule has 7 heteroatoms. The largest absolute Gasteiger partial charge is 0.377 e. The molecule has 0 aliphatic carbocycles. The highest BCUT2D eigenvalue weighted by Crippen LogP contribution is 2.24. The number of nitrogens with one attached hydrogen (secondary N) is 1. The van der Waals surface area contributed by atoms with Crippen molar-refractivity contribution in [2.45, 2.75) is 33.2 Å². The zero-order valence-corrected chi connectivity index (χ0v) is 14.7. The van der Waals surface area contributed by atoms with E-state index in [0.29, 0.717) is 31.4 Å². The summed E-state index contributed by atoms with van der Waals surface area (Å²) in [6.07, 6.45) is 2.64. The lowest BCUT2D eigenvalue weighted by molar-refractivity contribution is -0.00556. The van der Waals surface area contributed by atoms with Crippen LogP contribution in [0.3, 0.4) is 0 Å². The highest BCUT2D eigenvalue weighted by atomic mass is 16.5. The Morgan fingerprint density at radius 3 is 2.96 bits per heavy atom. The summed E-state index contributed by atoms with van der Waals surface area (Å²) in [5, 5.41) is 4.48. The Bertz CT molecular complexity index is 718. The molecule has 24 heavy (non-hydrogen) atoms. The van der Waals surface area contributed by atoms with Crippen LogP contribution in [0.2, 0.25) is 0 Å². The summed E-state index contributed by atoms with van der Waals surface area (Å²) in [6.45, 7) is 7.79. The maximum Gasteiger partial charge on any atom is 0.272 e. The van der Waals surface area contributed by atoms with Gasteiger partial charge in [0.1, 0.15) is 17.6 Å². The van der Waals surface area contributed by atoms with Crippen LogP contribution >= 0.6 is 0 Å². The number of hydrogen-bond acceptors (Lipinski definition) is 4. The second-order valence-corrected chi connectivity index (χ2v) is 6.78. The molecule has 0 radical (unpaired) electrons. The number of aryl methyl sites for hydroxylation is 2. The first kappa shape index (κ1) is 16.7. The number of carbonyl (C=O) groups is 1. The van der Waals surface area contributed by atoms with Crippen molar-refractivity contribution < 1.29 is 9.53 Å². The molecule has 1 atom stereocenters. The summed E-state index contributed by atoms with van der Waals surface area (Å²) >= 11 is 0. The molecule has 3 rings (SSSR count). The van der Waals surface area contributed by atoms with Crippen LogP contribution in [0.1, 0.15) is 47.6 Å². The third kappa shape index (κ3) is 3.36. The minimum absolute atomic E-state index is 0.0256. The zero-order valence-electron chi connectivity index (χ0n) is 14.7. The lowest BCUT2D eigenvalue weighted by atomic mass is 10.1. The van der Waals surface area contributed by atoms with E-state index in [4.69, 9.17) is 4.74 Å². The Balaban J connectivity index is 1.85. The predicted octanol–water partition coefficient (Wildman–Crippen LogP) is 1.86. The molecule has 0 aromatic carbocycles. The SMILES string of the molecule is Cc1cnc([C@@H]2COCCN2C(=O)c2cc(CC(C)C)nn2C)[nH]1. The number of morpholine rings is 1. The summed E-state index contributed by atoms with van der Waals surface area (Å²) < 4.78 is 7.25. The summed E-state index contributed by atoms with van der Waals surface area (Å²) in [7, 11) is 1.82. The van der Waals surface area contributed by atoms with Crippen LogP contribution in [0.5, 0.6) is 0 Å². The number of nitrogens with zero attached hydrogens (tertiary/aromatic N) is 4. The van der Waals surface area contributed by atoms with Crippen LogP contribution in [0.15, 0.2) is 12.3 Å². The fourth-order valence-corrected chi connectivity index (χ4v) is 3.07. The third-order valence-electron chi connectivity index (χ3n) is 4.19. The molecule has 2 aromatic heterocycles. The molecule has 0 bridgehead atoms. The maximum atomic E-state index is 13.1. The van der Waals surface area contributed by atoms with Crippen molar-refractivity contribution in [1.82, 2.24) is 24.6 Å². The molecule has 1 amide bonds. The van der Waals surface area contributed by atoms with Crippen molar-refractivity contribution >= 4 is 5.91 Å². The Morgan fingerprint density at radius 2 is 2.29 bits per heavy atom. The number of amides is 1. The fourth-order valence-electron chi connectivity index (χ4n) is 3.07. The van der Waals surface area contributed by atoms with Gasteiger partial charge in [0.05, 0.1) is 18.9 Å². The van der Waals surface area contributed by atoms with Crippen molar-refractivity contribution in [3.05, 3.63) is 35.2 Å². The van der Waals surface area contributed by atoms with E-state index >= 15 is 0 Å². The minimum atomic E-state index is -0.191. The molecule has 1 fully saturated rings. The topological polar surface area (TPSA) is 76.0 Å². The minimum Gasteiger partial charge on any atom is -0.377 e. The Hall–Kier alpha value is -2.15. The van der Waals surface area contributed by atoms with E-state index in [1.807, 2.05) is 24.9 Å². The van der Waals surface area contributed by atoms with Gasteiger partial charge >= 0.3 is 0 Å². The van der Waals surface area contributed by atoms with Crippen molar-refractivity contribution in [3.8, 4) is 0 Å². The van der Waals surface area contributed by atoms with Crippen LogP contribution < -0.4 is 0 Å². The first-order valence-electron chi connectivity index (χ1n) is 8.39. The molecule has 0 unspecified atom stereocenters. The van der Waals surface area contributed by atoms with Gasteiger partial charge in [0, 0.05) is 25.5 Å². The van der Waals surface area contributed by atoms with E-state index < -0.39 is 0 Å². The molecule has 1 aliphatic rings. The quantitative estimate of drug-likeness (QED) is 0.928. The number of carbonyl (C=O) groups excluding carboxylic acids is 1. The van der Waals surface area contributed by atoms with Gasteiger partial charge in [0.25, 0.3) is 5.91 Å². The standard InChI is InChI=1S/C17H25N5O2/c1-11(2)7-13-8-14(21(4)20-13)17(23)22-5-6-24-10-15(22)16-18-9-12(3)19-16/h8-9,11,15H,5-7,10H2,1-4H3,(H,18,19)/t15-/m0/s1. The monoisotopic (exact) mass is 331 g/mol. The van der Waals surface area contributed by atoms with E-state index in [9.17, 15) is 4.79 Å². The number of rotatable bonds is 4. The number of ether oxygens (including phenoxy) is 1. The van der Waals surface area contributed by atoms with Gasteiger partial charge < -0.3 is 14.6 Å². The average Bonchev–Trinajstić information content (AvgIpc) is 3.12. The van der Waals surface area contributed by atoms with Crippen LogP contribution in [0.25, 0.3) is 0 Å². The van der Waals surface area contributed by atoms with Gasteiger partial charge in [-0.15, -0.1) is 0 Å². The fraction of sp³-hybridized carbons (Fsp3) is 0.588. The Morgan fingerprint density at radius 1 is 1.50 bits per heavy atom. The van der Waals surface area contributed by atoms with Gasteiger partial charge in [-0.25, -0.2) is 4.98 Å². The van der Waals surface area contributed by atoms with Crippen molar-refractivity contribution in [2.24, 2.45) is 13.0 Å². The normalized spacial score (nSPS) is 18.4. The van der Waals surface area contributed by atoms with Crippen LogP contribution in [-0.4, -0.2) is 50.3 Å². The summed E-state index contributed by atoms with van der Waals surface area (Å²) in [4.78, 5) is 22.5. The van der Waals surface area contributed by atoms with Crippen LogP contribution in [0.4, 0.5) is 0 Å². The van der Waals surface area contributed by atoms with Gasteiger partial charge in [-0.1, -0.05) is 13.8 Å². The molecule has 0 saturated carbocycles. The molecule has 0 spiro atoms. The summed E-state index contributed by atoms with van der Waals surface area (Å²) in [6, 6.07) is 1.71. The number of aromatic amines is 1. The van der Waals surface area contributed by atoms with E-state index in [-0.39, 0.29) is 11.9 Å². The van der Waals surface area contributed by atoms with Gasteiger partial charge in [-0.3, -0.25) is 9.48 Å². The third-order valence-corrected chi connectivity index (χ3v) is 4.19. The predicted molar refractivity (Wildman–Crippen MR) is 89.7 cm³/mol. The van der Waals surface area contributed by atoms with Gasteiger partial charge in [0.15, 0.2) is 0 Å². The molecule has 1 aliphatic heterocycles. The molecule has 3 heterocycles. The van der Waals surface area contributed by atoms with Crippen molar-refractivity contribution in [1.29, 1.82) is 0 Å². The Labute approximate surface area is 142 Å². The highest BCUT2D eigenvalue weighted by molar-refractivity contribution is 5.93. The van der Waals surface area contributed by atoms with E-state index in [0.717, 1.165) is 23.6 Å².